The van der Waals surface area contributed by atoms with Gasteiger partial charge in [-0.3, -0.25) is 9.59 Å². The zero-order chi connectivity index (χ0) is 17.3. The fourth-order valence-corrected chi connectivity index (χ4v) is 2.73. The minimum Gasteiger partial charge on any atom is -0.497 e. The highest BCUT2D eigenvalue weighted by atomic mass is 35.5. The Bertz CT molecular complexity index is 603. The normalized spacial score (nSPS) is 22.8. The summed E-state index contributed by atoms with van der Waals surface area (Å²) in [5, 5.41) is 2.71. The van der Waals surface area contributed by atoms with Crippen molar-refractivity contribution in [2.24, 2.45) is 5.41 Å². The quantitative estimate of drug-likeness (QED) is 0.626. The zero-order valence-electron chi connectivity index (χ0n) is 13.2. The van der Waals surface area contributed by atoms with E-state index < -0.39 is 21.8 Å². The Balaban J connectivity index is 1.82. The molecule has 1 aliphatic rings. The summed E-state index contributed by atoms with van der Waals surface area (Å²) in [6.07, 6.45) is -0.593. The maximum Gasteiger partial charge on any atom is 0.315 e. The van der Waals surface area contributed by atoms with Crippen molar-refractivity contribution in [2.45, 2.75) is 37.3 Å². The Kier molecular flexibility index (Phi) is 5.11. The van der Waals surface area contributed by atoms with Gasteiger partial charge in [0.2, 0.25) is 0 Å². The molecule has 1 saturated carbocycles. The lowest BCUT2D eigenvalue weighted by Crippen LogP contribution is -2.37. The van der Waals surface area contributed by atoms with Gasteiger partial charge in [-0.2, -0.15) is 0 Å². The van der Waals surface area contributed by atoms with Crippen LogP contribution in [-0.2, 0) is 20.9 Å². The first-order valence-electron chi connectivity index (χ1n) is 7.19. The number of hydrogen-bond donors (Lipinski definition) is 1. The van der Waals surface area contributed by atoms with E-state index in [9.17, 15) is 9.59 Å². The summed E-state index contributed by atoms with van der Waals surface area (Å²) < 4.78 is 9.12. The fraction of sp³-hybridized carbons (Fsp3) is 0.500. The van der Waals surface area contributed by atoms with Crippen LogP contribution in [-0.4, -0.2) is 29.4 Å². The average Bonchev–Trinajstić information content (AvgIpc) is 3.05. The van der Waals surface area contributed by atoms with E-state index in [1.807, 2.05) is 12.1 Å². The first-order valence-corrected chi connectivity index (χ1v) is 7.95. The fourth-order valence-electron chi connectivity index (χ4n) is 2.04. The summed E-state index contributed by atoms with van der Waals surface area (Å²) in [5.74, 6) is -0.201. The number of amides is 1. The lowest BCUT2D eigenvalue weighted by atomic mass is 10.1. The topological polar surface area (TPSA) is 64.6 Å². The second-order valence-electron chi connectivity index (χ2n) is 5.83. The largest absolute Gasteiger partial charge is 0.497 e. The number of benzene rings is 1. The van der Waals surface area contributed by atoms with Crippen molar-refractivity contribution in [1.82, 2.24) is 5.32 Å². The highest BCUT2D eigenvalue weighted by Gasteiger charge is 2.69. The molecule has 0 saturated heterocycles. The number of hydrogen-bond acceptors (Lipinski definition) is 4. The third-order valence-corrected chi connectivity index (χ3v) is 5.09. The molecule has 1 aromatic carbocycles. The third-order valence-electron chi connectivity index (χ3n) is 3.99. The molecule has 0 aliphatic heterocycles. The second-order valence-corrected chi connectivity index (χ2v) is 7.31. The van der Waals surface area contributed by atoms with Crippen LogP contribution in [0, 0.1) is 5.41 Å². The van der Waals surface area contributed by atoms with Crippen LogP contribution in [0.15, 0.2) is 24.3 Å². The van der Waals surface area contributed by atoms with Crippen LogP contribution in [0.1, 0.15) is 25.8 Å². The van der Waals surface area contributed by atoms with E-state index in [2.05, 4.69) is 5.32 Å². The molecule has 1 amide bonds. The molecular formula is C16H19Cl2NO4. The van der Waals surface area contributed by atoms with Crippen LogP contribution in [0.5, 0.6) is 5.75 Å². The van der Waals surface area contributed by atoms with Crippen LogP contribution in [0.4, 0.5) is 0 Å². The van der Waals surface area contributed by atoms with Gasteiger partial charge in [-0.05, 0) is 31.5 Å². The van der Waals surface area contributed by atoms with E-state index in [0.717, 1.165) is 11.3 Å². The molecule has 2 rings (SSSR count). The number of nitrogens with one attached hydrogen (secondary N) is 1. The molecule has 0 spiro atoms. The summed E-state index contributed by atoms with van der Waals surface area (Å²) in [4.78, 5) is 24.0. The van der Waals surface area contributed by atoms with Crippen molar-refractivity contribution in [1.29, 1.82) is 0 Å². The van der Waals surface area contributed by atoms with Gasteiger partial charge < -0.3 is 14.8 Å². The van der Waals surface area contributed by atoms with Crippen LogP contribution in [0.2, 0.25) is 0 Å². The summed E-state index contributed by atoms with van der Waals surface area (Å²) in [5.41, 5.74) is -0.0342. The van der Waals surface area contributed by atoms with Crippen molar-refractivity contribution in [3.8, 4) is 5.75 Å². The van der Waals surface area contributed by atoms with Gasteiger partial charge in [0.15, 0.2) is 6.10 Å². The zero-order valence-corrected chi connectivity index (χ0v) is 14.7. The highest BCUT2D eigenvalue weighted by molar-refractivity contribution is 6.53. The summed E-state index contributed by atoms with van der Waals surface area (Å²) >= 11 is 11.9. The molecule has 2 atom stereocenters. The second kappa shape index (κ2) is 6.57. The molecule has 1 fully saturated rings. The summed E-state index contributed by atoms with van der Waals surface area (Å²) in [6, 6.07) is 7.30. The Labute approximate surface area is 145 Å². The SMILES string of the molecule is COc1ccc(CNC(=O)[C@H](C)OC(=O)[C@@]2(C)CC2(Cl)Cl)cc1. The molecule has 0 aromatic heterocycles. The molecule has 1 aliphatic carbocycles. The minimum absolute atomic E-state index is 0.322. The van der Waals surface area contributed by atoms with E-state index >= 15 is 0 Å². The average molecular weight is 360 g/mol. The molecule has 5 nitrogen and oxygen atoms in total. The first-order chi connectivity index (χ1) is 10.7. The number of carbonyl (C=O) groups is 2. The van der Waals surface area contributed by atoms with Gasteiger partial charge in [0.1, 0.15) is 15.5 Å². The Hall–Kier alpha value is -1.46. The van der Waals surface area contributed by atoms with Crippen LogP contribution in [0.3, 0.4) is 0 Å². The van der Waals surface area contributed by atoms with Crippen LogP contribution < -0.4 is 10.1 Å². The van der Waals surface area contributed by atoms with E-state index in [-0.39, 0.29) is 5.91 Å². The van der Waals surface area contributed by atoms with E-state index in [4.69, 9.17) is 32.7 Å². The van der Waals surface area contributed by atoms with Crippen molar-refractivity contribution in [2.75, 3.05) is 7.11 Å². The van der Waals surface area contributed by atoms with Gasteiger partial charge in [-0.25, -0.2) is 0 Å². The van der Waals surface area contributed by atoms with Crippen molar-refractivity contribution < 1.29 is 19.1 Å². The van der Waals surface area contributed by atoms with Gasteiger partial charge >= 0.3 is 5.97 Å². The third kappa shape index (κ3) is 3.90. The van der Waals surface area contributed by atoms with E-state index in [1.165, 1.54) is 6.92 Å². The van der Waals surface area contributed by atoms with Crippen LogP contribution in [0.25, 0.3) is 0 Å². The van der Waals surface area contributed by atoms with Gasteiger partial charge in [0, 0.05) is 13.0 Å². The molecule has 0 bridgehead atoms. The lowest BCUT2D eigenvalue weighted by Gasteiger charge is -2.17. The number of methoxy groups -OCH3 is 1. The maximum atomic E-state index is 12.0. The van der Waals surface area contributed by atoms with Crippen molar-refractivity contribution in [3.63, 3.8) is 0 Å². The number of rotatable bonds is 6. The molecule has 0 heterocycles. The first kappa shape index (κ1) is 17.9. The Morgan fingerprint density at radius 3 is 2.35 bits per heavy atom. The lowest BCUT2D eigenvalue weighted by molar-refractivity contribution is -0.159. The minimum atomic E-state index is -1.11. The molecule has 7 heteroatoms. The number of carbonyl (C=O) groups excluding carboxylic acids is 2. The van der Waals surface area contributed by atoms with E-state index in [0.29, 0.717) is 13.0 Å². The van der Waals surface area contributed by atoms with E-state index in [1.54, 1.807) is 26.2 Å². The number of alkyl halides is 2. The molecule has 0 unspecified atom stereocenters. The number of halogens is 2. The van der Waals surface area contributed by atoms with Gasteiger partial charge in [-0.1, -0.05) is 12.1 Å². The molecule has 1 aromatic rings. The van der Waals surface area contributed by atoms with Gasteiger partial charge in [-0.15, -0.1) is 23.2 Å². The van der Waals surface area contributed by atoms with Crippen molar-refractivity contribution in [3.05, 3.63) is 29.8 Å². The molecule has 0 radical (unpaired) electrons. The maximum absolute atomic E-state index is 12.0. The Morgan fingerprint density at radius 1 is 1.30 bits per heavy atom. The highest BCUT2D eigenvalue weighted by Crippen LogP contribution is 2.64. The predicted octanol–water partition coefficient (Wildman–Crippen LogP) is 2.83. The molecule has 23 heavy (non-hydrogen) atoms. The van der Waals surface area contributed by atoms with Gasteiger partial charge in [0.05, 0.1) is 7.11 Å². The Morgan fingerprint density at radius 2 is 1.87 bits per heavy atom. The number of esters is 1. The smallest absolute Gasteiger partial charge is 0.315 e. The molecule has 126 valence electrons. The van der Waals surface area contributed by atoms with Crippen molar-refractivity contribution >= 4 is 35.1 Å². The molecule has 1 N–H and O–H groups in total. The summed E-state index contributed by atoms with van der Waals surface area (Å²) in [7, 11) is 1.59. The van der Waals surface area contributed by atoms with Gasteiger partial charge in [0.25, 0.3) is 5.91 Å². The number of ether oxygens (including phenoxy) is 2. The predicted molar refractivity (Wildman–Crippen MR) is 87.6 cm³/mol. The summed E-state index contributed by atoms with van der Waals surface area (Å²) in [6.45, 7) is 3.46. The monoisotopic (exact) mass is 359 g/mol. The van der Waals surface area contributed by atoms with Crippen LogP contribution >= 0.6 is 23.2 Å². The molecular weight excluding hydrogens is 341 g/mol. The standard InChI is InChI=1S/C16H19Cl2NO4/c1-10(23-14(21)15(2)9-16(15,17)18)13(20)19-8-11-4-6-12(22-3)7-5-11/h4-7,10H,8-9H2,1-3H3,(H,19,20)/t10-,15+/m0/s1.